The van der Waals surface area contributed by atoms with Gasteiger partial charge >= 0.3 is 0 Å². The molecule has 24 heavy (non-hydrogen) atoms. The van der Waals surface area contributed by atoms with Gasteiger partial charge in [0.05, 0.1) is 5.69 Å². The molecule has 1 aromatic heterocycles. The van der Waals surface area contributed by atoms with Crippen LogP contribution in [-0.2, 0) is 24.7 Å². The second-order valence-corrected chi connectivity index (χ2v) is 6.27. The number of anilines is 1. The molecule has 4 nitrogen and oxygen atoms in total. The van der Waals surface area contributed by atoms with Crippen LogP contribution in [0.3, 0.4) is 0 Å². The summed E-state index contributed by atoms with van der Waals surface area (Å²) in [5, 5.41) is 8.35. The van der Waals surface area contributed by atoms with Gasteiger partial charge in [0.15, 0.2) is 0 Å². The van der Waals surface area contributed by atoms with Gasteiger partial charge in [-0.05, 0) is 43.0 Å². The number of halogens is 2. The highest BCUT2D eigenvalue weighted by Gasteiger charge is 2.13. The SMILES string of the molecule is CCc1ccc(Cl)c(CC)c1NC(=O)/C=C/c1c(C)nn(C)c1Cl. The summed E-state index contributed by atoms with van der Waals surface area (Å²) in [5.74, 6) is -0.221. The summed E-state index contributed by atoms with van der Waals surface area (Å²) >= 11 is 12.4. The van der Waals surface area contributed by atoms with Gasteiger partial charge in [0.25, 0.3) is 0 Å². The van der Waals surface area contributed by atoms with Crippen molar-refractivity contribution in [1.82, 2.24) is 9.78 Å². The molecule has 6 heteroatoms. The molecule has 128 valence electrons. The average molecular weight is 366 g/mol. The van der Waals surface area contributed by atoms with E-state index in [2.05, 4.69) is 10.4 Å². The lowest BCUT2D eigenvalue weighted by Gasteiger charge is -2.15. The Morgan fingerprint density at radius 2 is 2.00 bits per heavy atom. The van der Waals surface area contributed by atoms with Crippen molar-refractivity contribution < 1.29 is 4.79 Å². The van der Waals surface area contributed by atoms with Gasteiger partial charge in [-0.1, -0.05) is 43.1 Å². The van der Waals surface area contributed by atoms with Gasteiger partial charge in [0.2, 0.25) is 5.91 Å². The molecule has 0 aliphatic heterocycles. The maximum absolute atomic E-state index is 12.4. The van der Waals surface area contributed by atoms with Crippen LogP contribution in [0.5, 0.6) is 0 Å². The van der Waals surface area contributed by atoms with Crippen molar-refractivity contribution >= 4 is 40.9 Å². The van der Waals surface area contributed by atoms with E-state index in [4.69, 9.17) is 23.2 Å². The number of amides is 1. The molecule has 1 amide bonds. The molecule has 0 saturated carbocycles. The van der Waals surface area contributed by atoms with Crippen LogP contribution in [0.1, 0.15) is 36.2 Å². The number of nitrogens with one attached hydrogen (secondary N) is 1. The third-order valence-electron chi connectivity index (χ3n) is 3.92. The van der Waals surface area contributed by atoms with Crippen LogP contribution in [-0.4, -0.2) is 15.7 Å². The van der Waals surface area contributed by atoms with Crippen LogP contribution in [0.15, 0.2) is 18.2 Å². The molecule has 0 fully saturated rings. The van der Waals surface area contributed by atoms with E-state index in [0.29, 0.717) is 10.2 Å². The van der Waals surface area contributed by atoms with Gasteiger partial charge in [0.1, 0.15) is 5.15 Å². The molecule has 0 aliphatic rings. The smallest absolute Gasteiger partial charge is 0.248 e. The highest BCUT2D eigenvalue weighted by Crippen LogP contribution is 2.29. The van der Waals surface area contributed by atoms with E-state index < -0.39 is 0 Å². The molecule has 0 atom stereocenters. The van der Waals surface area contributed by atoms with Gasteiger partial charge in [-0.2, -0.15) is 5.10 Å². The Morgan fingerprint density at radius 3 is 2.54 bits per heavy atom. The van der Waals surface area contributed by atoms with Gasteiger partial charge in [-0.15, -0.1) is 0 Å². The molecule has 0 unspecified atom stereocenters. The van der Waals surface area contributed by atoms with Crippen molar-refractivity contribution in [3.8, 4) is 0 Å². The highest BCUT2D eigenvalue weighted by atomic mass is 35.5. The Hall–Kier alpha value is -1.78. The lowest BCUT2D eigenvalue weighted by atomic mass is 10.0. The molecule has 1 N–H and O–H groups in total. The topological polar surface area (TPSA) is 46.9 Å². The van der Waals surface area contributed by atoms with Crippen LogP contribution >= 0.6 is 23.2 Å². The van der Waals surface area contributed by atoms with Crippen LogP contribution in [0, 0.1) is 6.92 Å². The first-order valence-electron chi connectivity index (χ1n) is 7.87. The van der Waals surface area contributed by atoms with Gasteiger partial charge in [-0.25, -0.2) is 0 Å². The minimum Gasteiger partial charge on any atom is -0.322 e. The summed E-state index contributed by atoms with van der Waals surface area (Å²) in [6.07, 6.45) is 4.72. The number of aromatic nitrogens is 2. The number of aryl methyl sites for hydroxylation is 3. The fourth-order valence-corrected chi connectivity index (χ4v) is 3.16. The number of benzene rings is 1. The zero-order valence-electron chi connectivity index (χ0n) is 14.3. The highest BCUT2D eigenvalue weighted by molar-refractivity contribution is 6.32. The maximum atomic E-state index is 12.4. The Morgan fingerprint density at radius 1 is 1.29 bits per heavy atom. The van der Waals surface area contributed by atoms with E-state index in [1.807, 2.05) is 32.9 Å². The summed E-state index contributed by atoms with van der Waals surface area (Å²) in [5.41, 5.74) is 4.34. The third-order valence-corrected chi connectivity index (χ3v) is 4.72. The average Bonchev–Trinajstić information content (AvgIpc) is 2.78. The van der Waals surface area contributed by atoms with Crippen LogP contribution in [0.25, 0.3) is 6.08 Å². The lowest BCUT2D eigenvalue weighted by molar-refractivity contribution is -0.111. The number of nitrogens with zero attached hydrogens (tertiary/aromatic N) is 2. The molecule has 1 heterocycles. The Bertz CT molecular complexity index is 794. The molecule has 2 rings (SSSR count). The molecule has 1 aromatic carbocycles. The molecule has 0 spiro atoms. The second kappa shape index (κ2) is 7.86. The molecule has 0 saturated heterocycles. The quantitative estimate of drug-likeness (QED) is 0.772. The Labute approximate surface area is 152 Å². The van der Waals surface area contributed by atoms with Gasteiger partial charge in [0, 0.05) is 29.4 Å². The van der Waals surface area contributed by atoms with Gasteiger partial charge < -0.3 is 5.32 Å². The minimum absolute atomic E-state index is 0.221. The third kappa shape index (κ3) is 3.82. The first kappa shape index (κ1) is 18.6. The summed E-state index contributed by atoms with van der Waals surface area (Å²) in [6.45, 7) is 5.92. The predicted octanol–water partition coefficient (Wildman–Crippen LogP) is 4.81. The standard InChI is InChI=1S/C18H21Cl2N3O/c1-5-12-7-9-15(19)13(6-2)17(12)21-16(24)10-8-14-11(3)22-23(4)18(14)20/h7-10H,5-6H2,1-4H3,(H,21,24)/b10-8+. The van der Waals surface area contributed by atoms with Crippen molar-refractivity contribution in [1.29, 1.82) is 0 Å². The number of carbonyl (C=O) groups is 1. The number of rotatable bonds is 5. The molecule has 0 radical (unpaired) electrons. The summed E-state index contributed by atoms with van der Waals surface area (Å²) in [6, 6.07) is 3.83. The van der Waals surface area contributed by atoms with Crippen molar-refractivity contribution in [2.45, 2.75) is 33.6 Å². The zero-order chi connectivity index (χ0) is 17.9. The largest absolute Gasteiger partial charge is 0.322 e. The summed E-state index contributed by atoms with van der Waals surface area (Å²) in [7, 11) is 1.76. The normalized spacial score (nSPS) is 11.2. The zero-order valence-corrected chi connectivity index (χ0v) is 15.8. The van der Waals surface area contributed by atoms with E-state index in [0.717, 1.165) is 40.9 Å². The van der Waals surface area contributed by atoms with E-state index in [1.54, 1.807) is 17.8 Å². The number of carbonyl (C=O) groups excluding carboxylic acids is 1. The van der Waals surface area contributed by atoms with Crippen molar-refractivity contribution in [2.75, 3.05) is 5.32 Å². The van der Waals surface area contributed by atoms with E-state index in [9.17, 15) is 4.79 Å². The van der Waals surface area contributed by atoms with Crippen molar-refractivity contribution in [2.24, 2.45) is 7.05 Å². The Kier molecular flexibility index (Phi) is 6.08. The number of hydrogen-bond donors (Lipinski definition) is 1. The summed E-state index contributed by atoms with van der Waals surface area (Å²) in [4.78, 5) is 12.4. The minimum atomic E-state index is -0.221. The summed E-state index contributed by atoms with van der Waals surface area (Å²) < 4.78 is 1.58. The first-order chi connectivity index (χ1) is 11.4. The van der Waals surface area contributed by atoms with E-state index in [-0.39, 0.29) is 5.91 Å². The van der Waals surface area contributed by atoms with Gasteiger partial charge in [-0.3, -0.25) is 9.48 Å². The van der Waals surface area contributed by atoms with Crippen LogP contribution in [0.4, 0.5) is 5.69 Å². The molecular weight excluding hydrogens is 345 g/mol. The Balaban J connectivity index is 2.27. The molecule has 2 aromatic rings. The predicted molar refractivity (Wildman–Crippen MR) is 101 cm³/mol. The molecule has 0 aliphatic carbocycles. The first-order valence-corrected chi connectivity index (χ1v) is 8.63. The van der Waals surface area contributed by atoms with E-state index in [1.165, 1.54) is 6.08 Å². The van der Waals surface area contributed by atoms with Crippen LogP contribution < -0.4 is 5.32 Å². The molecular formula is C18H21Cl2N3O. The molecule has 0 bridgehead atoms. The maximum Gasteiger partial charge on any atom is 0.248 e. The number of hydrogen-bond acceptors (Lipinski definition) is 2. The lowest BCUT2D eigenvalue weighted by Crippen LogP contribution is -2.12. The second-order valence-electron chi connectivity index (χ2n) is 5.50. The fraction of sp³-hybridized carbons (Fsp3) is 0.333. The van der Waals surface area contributed by atoms with Crippen LogP contribution in [0.2, 0.25) is 10.2 Å². The monoisotopic (exact) mass is 365 g/mol. The van der Waals surface area contributed by atoms with E-state index >= 15 is 0 Å². The van der Waals surface area contributed by atoms with Crippen molar-refractivity contribution in [3.05, 3.63) is 50.8 Å². The van der Waals surface area contributed by atoms with Crippen molar-refractivity contribution in [3.63, 3.8) is 0 Å². The fourth-order valence-electron chi connectivity index (χ4n) is 2.63.